The molecule has 0 aromatic carbocycles. The molecule has 3 atom stereocenters. The molecule has 0 aromatic heterocycles. The number of unbranched alkanes of at least 4 members (excludes halogenated alkanes) is 1. The molecule has 3 unspecified atom stereocenters. The molecule has 0 saturated heterocycles. The van der Waals surface area contributed by atoms with E-state index in [1.807, 2.05) is 0 Å². The van der Waals surface area contributed by atoms with Crippen molar-refractivity contribution in [1.29, 1.82) is 0 Å². The third-order valence-electron chi connectivity index (χ3n) is 4.15. The number of hydrogen-bond acceptors (Lipinski definition) is 4. The van der Waals surface area contributed by atoms with E-state index in [2.05, 4.69) is 19.2 Å². The molecule has 0 aromatic rings. The van der Waals surface area contributed by atoms with E-state index in [0.29, 0.717) is 26.4 Å². The molecule has 4 heteroatoms. The highest BCUT2D eigenvalue weighted by Crippen LogP contribution is 2.30. The summed E-state index contributed by atoms with van der Waals surface area (Å²) in [4.78, 5) is 0. The topological polar surface area (TPSA) is 50.7 Å². The summed E-state index contributed by atoms with van der Waals surface area (Å²) >= 11 is 0. The highest BCUT2D eigenvalue weighted by Gasteiger charge is 2.22. The van der Waals surface area contributed by atoms with Crippen LogP contribution in [0.5, 0.6) is 0 Å². The van der Waals surface area contributed by atoms with Crippen molar-refractivity contribution in [3.05, 3.63) is 0 Å². The van der Waals surface area contributed by atoms with Gasteiger partial charge >= 0.3 is 0 Å². The minimum Gasteiger partial charge on any atom is -0.389 e. The molecule has 20 heavy (non-hydrogen) atoms. The molecule has 0 heterocycles. The lowest BCUT2D eigenvalue weighted by Crippen LogP contribution is -2.34. The fraction of sp³-hybridized carbons (Fsp3) is 1.00. The Bertz CT molecular complexity index is 226. The van der Waals surface area contributed by atoms with Crippen molar-refractivity contribution in [2.24, 2.45) is 11.8 Å². The Morgan fingerprint density at radius 1 is 1.20 bits per heavy atom. The van der Waals surface area contributed by atoms with Gasteiger partial charge in [-0.1, -0.05) is 33.1 Å². The molecule has 4 nitrogen and oxygen atoms in total. The average molecular weight is 287 g/mol. The Labute approximate surface area is 124 Å². The summed E-state index contributed by atoms with van der Waals surface area (Å²) in [5.41, 5.74) is 0. The Morgan fingerprint density at radius 2 is 2.00 bits per heavy atom. The van der Waals surface area contributed by atoms with Crippen molar-refractivity contribution in [1.82, 2.24) is 5.32 Å². The largest absolute Gasteiger partial charge is 0.389 e. The zero-order valence-corrected chi connectivity index (χ0v) is 13.3. The minimum absolute atomic E-state index is 0.393. The van der Waals surface area contributed by atoms with E-state index in [-0.39, 0.29) is 0 Å². The molecule has 0 spiro atoms. The number of aliphatic hydroxyl groups is 1. The molecule has 0 bridgehead atoms. The van der Waals surface area contributed by atoms with E-state index in [9.17, 15) is 5.11 Å². The molecule has 0 amide bonds. The Hall–Kier alpha value is -0.160. The Morgan fingerprint density at radius 3 is 2.70 bits per heavy atom. The number of hydrogen-bond donors (Lipinski definition) is 2. The SMILES string of the molecule is CCCCOCCOCC(O)CNCC1CCCC1C. The first-order valence-corrected chi connectivity index (χ1v) is 8.28. The predicted octanol–water partition coefficient (Wildman–Crippen LogP) is 2.21. The third kappa shape index (κ3) is 8.20. The lowest BCUT2D eigenvalue weighted by molar-refractivity contribution is 0.00366. The lowest BCUT2D eigenvalue weighted by atomic mass is 9.98. The van der Waals surface area contributed by atoms with Crippen molar-refractivity contribution >= 4 is 0 Å². The van der Waals surface area contributed by atoms with Gasteiger partial charge in [0.05, 0.1) is 25.9 Å². The van der Waals surface area contributed by atoms with Crippen molar-refractivity contribution < 1.29 is 14.6 Å². The first-order chi connectivity index (χ1) is 9.74. The maximum absolute atomic E-state index is 9.80. The molecule has 1 rings (SSSR count). The van der Waals surface area contributed by atoms with Gasteiger partial charge in [0.2, 0.25) is 0 Å². The standard InChI is InChI=1S/C16H33NO3/c1-3-4-8-19-9-10-20-13-16(18)12-17-11-15-7-5-6-14(15)2/h14-18H,3-13H2,1-2H3. The predicted molar refractivity (Wildman–Crippen MR) is 81.9 cm³/mol. The monoisotopic (exact) mass is 287 g/mol. The molecule has 0 aliphatic heterocycles. The van der Waals surface area contributed by atoms with Crippen LogP contribution >= 0.6 is 0 Å². The fourth-order valence-corrected chi connectivity index (χ4v) is 2.71. The molecule has 0 radical (unpaired) electrons. The van der Waals surface area contributed by atoms with Crippen LogP contribution in [-0.2, 0) is 9.47 Å². The summed E-state index contributed by atoms with van der Waals surface area (Å²) in [6.07, 6.45) is 5.89. The minimum atomic E-state index is -0.414. The summed E-state index contributed by atoms with van der Waals surface area (Å²) in [5, 5.41) is 13.2. The van der Waals surface area contributed by atoms with Crippen LogP contribution < -0.4 is 5.32 Å². The highest BCUT2D eigenvalue weighted by molar-refractivity contribution is 4.76. The van der Waals surface area contributed by atoms with Gasteiger partial charge in [-0.2, -0.15) is 0 Å². The number of ether oxygens (including phenoxy) is 2. The molecule has 2 N–H and O–H groups in total. The van der Waals surface area contributed by atoms with Gasteiger partial charge in [0.25, 0.3) is 0 Å². The molecule has 120 valence electrons. The van der Waals surface area contributed by atoms with Crippen LogP contribution in [0, 0.1) is 11.8 Å². The maximum Gasteiger partial charge on any atom is 0.0897 e. The highest BCUT2D eigenvalue weighted by atomic mass is 16.5. The second kappa shape index (κ2) is 11.5. The van der Waals surface area contributed by atoms with Gasteiger partial charge in [0.15, 0.2) is 0 Å². The van der Waals surface area contributed by atoms with Gasteiger partial charge in [-0.05, 0) is 31.2 Å². The first kappa shape index (κ1) is 17.9. The molecule has 1 aliphatic rings. The van der Waals surface area contributed by atoms with E-state index in [4.69, 9.17) is 9.47 Å². The quantitative estimate of drug-likeness (QED) is 0.540. The first-order valence-electron chi connectivity index (χ1n) is 8.28. The molecule has 1 fully saturated rings. The lowest BCUT2D eigenvalue weighted by Gasteiger charge is -2.18. The van der Waals surface area contributed by atoms with Crippen LogP contribution in [0.15, 0.2) is 0 Å². The average Bonchev–Trinajstić information content (AvgIpc) is 2.83. The maximum atomic E-state index is 9.80. The van der Waals surface area contributed by atoms with Gasteiger partial charge in [-0.3, -0.25) is 0 Å². The second-order valence-corrected chi connectivity index (χ2v) is 6.02. The van der Waals surface area contributed by atoms with Gasteiger partial charge in [-0.15, -0.1) is 0 Å². The van der Waals surface area contributed by atoms with Gasteiger partial charge in [-0.25, -0.2) is 0 Å². The van der Waals surface area contributed by atoms with Crippen molar-refractivity contribution in [2.45, 2.75) is 52.1 Å². The van der Waals surface area contributed by atoms with Crippen molar-refractivity contribution in [3.63, 3.8) is 0 Å². The van der Waals surface area contributed by atoms with Crippen LogP contribution in [-0.4, -0.2) is 50.7 Å². The summed E-state index contributed by atoms with van der Waals surface area (Å²) in [5.74, 6) is 1.62. The van der Waals surface area contributed by atoms with Crippen LogP contribution in [0.4, 0.5) is 0 Å². The second-order valence-electron chi connectivity index (χ2n) is 6.02. The summed E-state index contributed by atoms with van der Waals surface area (Å²) in [7, 11) is 0. The molecule has 1 aliphatic carbocycles. The van der Waals surface area contributed by atoms with Crippen LogP contribution in [0.25, 0.3) is 0 Å². The number of rotatable bonds is 12. The van der Waals surface area contributed by atoms with Crippen LogP contribution in [0.2, 0.25) is 0 Å². The summed E-state index contributed by atoms with van der Waals surface area (Å²) in [6.45, 7) is 8.53. The van der Waals surface area contributed by atoms with E-state index < -0.39 is 6.10 Å². The number of nitrogens with one attached hydrogen (secondary N) is 1. The Kier molecular flexibility index (Phi) is 10.3. The molecular weight excluding hydrogens is 254 g/mol. The fourth-order valence-electron chi connectivity index (χ4n) is 2.71. The zero-order valence-electron chi connectivity index (χ0n) is 13.3. The van der Waals surface area contributed by atoms with E-state index in [0.717, 1.165) is 37.8 Å². The molecular formula is C16H33NO3. The van der Waals surface area contributed by atoms with Gasteiger partial charge < -0.3 is 19.9 Å². The van der Waals surface area contributed by atoms with E-state index in [1.54, 1.807) is 0 Å². The summed E-state index contributed by atoms with van der Waals surface area (Å²) < 4.78 is 10.8. The Balaban J connectivity index is 1.86. The third-order valence-corrected chi connectivity index (χ3v) is 4.15. The van der Waals surface area contributed by atoms with Crippen molar-refractivity contribution in [2.75, 3.05) is 39.5 Å². The van der Waals surface area contributed by atoms with Gasteiger partial charge in [0, 0.05) is 13.2 Å². The summed E-state index contributed by atoms with van der Waals surface area (Å²) in [6, 6.07) is 0. The normalized spacial score (nSPS) is 24.1. The van der Waals surface area contributed by atoms with E-state index in [1.165, 1.54) is 19.3 Å². The van der Waals surface area contributed by atoms with Crippen LogP contribution in [0.3, 0.4) is 0 Å². The van der Waals surface area contributed by atoms with E-state index >= 15 is 0 Å². The molecule has 1 saturated carbocycles. The van der Waals surface area contributed by atoms with Crippen LogP contribution in [0.1, 0.15) is 46.0 Å². The number of aliphatic hydroxyl groups excluding tert-OH is 1. The van der Waals surface area contributed by atoms with Gasteiger partial charge in [0.1, 0.15) is 0 Å². The smallest absolute Gasteiger partial charge is 0.0897 e. The zero-order chi connectivity index (χ0) is 14.6. The van der Waals surface area contributed by atoms with Crippen molar-refractivity contribution in [3.8, 4) is 0 Å².